The number of carbonyl (C=O) groups is 1. The number of hydrogen-bond donors (Lipinski definition) is 3. The highest BCUT2D eigenvalue weighted by molar-refractivity contribution is 5.72. The third-order valence-corrected chi connectivity index (χ3v) is 4.40. The lowest BCUT2D eigenvalue weighted by molar-refractivity contribution is -0.119. The van der Waals surface area contributed by atoms with Crippen LogP contribution in [0.1, 0.15) is 13.3 Å². The summed E-state index contributed by atoms with van der Waals surface area (Å²) in [7, 11) is 0. The Balaban J connectivity index is 1.63. The van der Waals surface area contributed by atoms with E-state index >= 15 is 0 Å². The SMILES string of the molecule is CC(=O)NC[C@H](O)CN(O)c1ccc(N2CC3=CCC=C3C2)c(F)c1. The summed E-state index contributed by atoms with van der Waals surface area (Å²) in [5.74, 6) is -0.686. The number of anilines is 2. The average molecular weight is 347 g/mol. The van der Waals surface area contributed by atoms with Crippen molar-refractivity contribution in [3.8, 4) is 0 Å². The van der Waals surface area contributed by atoms with Crippen molar-refractivity contribution in [2.75, 3.05) is 36.1 Å². The van der Waals surface area contributed by atoms with Gasteiger partial charge in [0.25, 0.3) is 0 Å². The van der Waals surface area contributed by atoms with Gasteiger partial charge in [-0.1, -0.05) is 12.2 Å². The summed E-state index contributed by atoms with van der Waals surface area (Å²) in [6.45, 7) is 2.62. The second kappa shape index (κ2) is 7.25. The number of nitrogens with zero attached hydrogens (tertiary/aromatic N) is 2. The van der Waals surface area contributed by atoms with E-state index in [1.165, 1.54) is 24.1 Å². The molecule has 25 heavy (non-hydrogen) atoms. The maximum Gasteiger partial charge on any atom is 0.216 e. The quantitative estimate of drug-likeness (QED) is 0.682. The maximum atomic E-state index is 14.5. The Morgan fingerprint density at radius 2 is 2.04 bits per heavy atom. The number of fused-ring (bicyclic) bond motifs is 1. The van der Waals surface area contributed by atoms with Gasteiger partial charge in [0.1, 0.15) is 5.82 Å². The third kappa shape index (κ3) is 4.00. The zero-order chi connectivity index (χ0) is 18.0. The molecule has 3 rings (SSSR count). The van der Waals surface area contributed by atoms with Gasteiger partial charge < -0.3 is 15.3 Å². The maximum absolute atomic E-state index is 14.5. The second-order valence-corrected chi connectivity index (χ2v) is 6.36. The molecule has 1 aromatic carbocycles. The molecule has 1 saturated heterocycles. The molecule has 0 spiro atoms. The van der Waals surface area contributed by atoms with Crippen molar-refractivity contribution in [1.29, 1.82) is 0 Å². The Morgan fingerprint density at radius 3 is 2.64 bits per heavy atom. The van der Waals surface area contributed by atoms with Gasteiger partial charge >= 0.3 is 0 Å². The number of aliphatic hydroxyl groups is 1. The number of benzene rings is 1. The first-order valence-corrected chi connectivity index (χ1v) is 8.26. The summed E-state index contributed by atoms with van der Waals surface area (Å²) in [5, 5.41) is 23.1. The molecule has 2 aliphatic rings. The van der Waals surface area contributed by atoms with Crippen LogP contribution in [0.2, 0.25) is 0 Å². The molecule has 1 heterocycles. The van der Waals surface area contributed by atoms with Crippen LogP contribution in [0, 0.1) is 5.82 Å². The van der Waals surface area contributed by atoms with Crippen molar-refractivity contribution in [2.24, 2.45) is 0 Å². The largest absolute Gasteiger partial charge is 0.389 e. The molecule has 6 nitrogen and oxygen atoms in total. The molecule has 1 aliphatic heterocycles. The summed E-state index contributed by atoms with van der Waals surface area (Å²) in [6.07, 6.45) is 4.31. The highest BCUT2D eigenvalue weighted by atomic mass is 19.1. The topological polar surface area (TPSA) is 76.0 Å². The monoisotopic (exact) mass is 347 g/mol. The summed E-state index contributed by atoms with van der Waals surface area (Å²) in [4.78, 5) is 12.8. The first kappa shape index (κ1) is 17.4. The second-order valence-electron chi connectivity index (χ2n) is 6.36. The van der Waals surface area contributed by atoms with E-state index in [2.05, 4.69) is 17.5 Å². The minimum atomic E-state index is -0.964. The van der Waals surface area contributed by atoms with Crippen molar-refractivity contribution in [3.05, 3.63) is 47.3 Å². The molecule has 3 N–H and O–H groups in total. The predicted molar refractivity (Wildman–Crippen MR) is 93.2 cm³/mol. The molecule has 7 heteroatoms. The van der Waals surface area contributed by atoms with Crippen molar-refractivity contribution < 1.29 is 19.5 Å². The molecule has 0 radical (unpaired) electrons. The summed E-state index contributed by atoms with van der Waals surface area (Å²) in [6, 6.07) is 4.49. The normalized spacial score (nSPS) is 17.0. The smallest absolute Gasteiger partial charge is 0.216 e. The van der Waals surface area contributed by atoms with Gasteiger partial charge in [-0.2, -0.15) is 0 Å². The van der Waals surface area contributed by atoms with Gasteiger partial charge in [-0.25, -0.2) is 4.39 Å². The van der Waals surface area contributed by atoms with Crippen LogP contribution in [0.25, 0.3) is 0 Å². The van der Waals surface area contributed by atoms with E-state index < -0.39 is 11.9 Å². The number of halogens is 1. The van der Waals surface area contributed by atoms with Crippen molar-refractivity contribution >= 4 is 17.3 Å². The van der Waals surface area contributed by atoms with Crippen LogP contribution in [0.3, 0.4) is 0 Å². The van der Waals surface area contributed by atoms with E-state index in [1.54, 1.807) is 12.1 Å². The van der Waals surface area contributed by atoms with E-state index in [0.29, 0.717) is 18.8 Å². The lowest BCUT2D eigenvalue weighted by Crippen LogP contribution is -2.38. The van der Waals surface area contributed by atoms with Gasteiger partial charge in [-0.05, 0) is 29.7 Å². The fraction of sp³-hybridized carbons (Fsp3) is 0.389. The summed E-state index contributed by atoms with van der Waals surface area (Å²) >= 11 is 0. The van der Waals surface area contributed by atoms with E-state index in [-0.39, 0.29) is 24.7 Å². The fourth-order valence-electron chi connectivity index (χ4n) is 3.12. The molecular weight excluding hydrogens is 325 g/mol. The zero-order valence-electron chi connectivity index (χ0n) is 14.1. The first-order valence-electron chi connectivity index (χ1n) is 8.26. The van der Waals surface area contributed by atoms with Crippen LogP contribution in [0.4, 0.5) is 15.8 Å². The first-order chi connectivity index (χ1) is 11.9. The molecule has 1 fully saturated rings. The third-order valence-electron chi connectivity index (χ3n) is 4.40. The van der Waals surface area contributed by atoms with E-state index in [1.807, 2.05) is 4.90 Å². The number of carbonyl (C=O) groups excluding carboxylic acids is 1. The Bertz CT molecular complexity index is 712. The number of amides is 1. The molecule has 0 unspecified atom stereocenters. The van der Waals surface area contributed by atoms with E-state index in [0.717, 1.165) is 11.5 Å². The Hall–Kier alpha value is -2.38. The highest BCUT2D eigenvalue weighted by Crippen LogP contribution is 2.33. The molecular formula is C18H22FN3O3. The van der Waals surface area contributed by atoms with Crippen molar-refractivity contribution in [1.82, 2.24) is 5.32 Å². The Morgan fingerprint density at radius 1 is 1.36 bits per heavy atom. The van der Waals surface area contributed by atoms with Crippen LogP contribution in [0.15, 0.2) is 41.5 Å². The molecule has 1 aliphatic carbocycles. The van der Waals surface area contributed by atoms with Crippen molar-refractivity contribution in [2.45, 2.75) is 19.4 Å². The number of rotatable bonds is 6. The van der Waals surface area contributed by atoms with Gasteiger partial charge in [0.2, 0.25) is 5.91 Å². The minimum Gasteiger partial charge on any atom is -0.389 e. The molecule has 0 aromatic heterocycles. The minimum absolute atomic E-state index is 0.0188. The van der Waals surface area contributed by atoms with Crippen LogP contribution in [0.5, 0.6) is 0 Å². The van der Waals surface area contributed by atoms with Crippen LogP contribution in [-0.4, -0.2) is 48.5 Å². The van der Waals surface area contributed by atoms with Gasteiger partial charge in [-0.3, -0.25) is 15.1 Å². The summed E-state index contributed by atoms with van der Waals surface area (Å²) < 4.78 is 14.5. The van der Waals surface area contributed by atoms with Crippen molar-refractivity contribution in [3.63, 3.8) is 0 Å². The number of nitrogens with one attached hydrogen (secondary N) is 1. The van der Waals surface area contributed by atoms with Crippen LogP contribution >= 0.6 is 0 Å². The molecule has 1 amide bonds. The van der Waals surface area contributed by atoms with E-state index in [4.69, 9.17) is 0 Å². The zero-order valence-corrected chi connectivity index (χ0v) is 14.1. The number of hydroxylamine groups is 1. The lowest BCUT2D eigenvalue weighted by Gasteiger charge is -2.23. The number of allylic oxidation sites excluding steroid dienone is 2. The predicted octanol–water partition coefficient (Wildman–Crippen LogP) is 1.59. The summed E-state index contributed by atoms with van der Waals surface area (Å²) in [5.41, 5.74) is 3.26. The fourth-order valence-corrected chi connectivity index (χ4v) is 3.12. The molecule has 0 bridgehead atoms. The lowest BCUT2D eigenvalue weighted by atomic mass is 10.2. The molecule has 134 valence electrons. The molecule has 0 saturated carbocycles. The van der Waals surface area contributed by atoms with Gasteiger partial charge in [0.05, 0.1) is 24.0 Å². The van der Waals surface area contributed by atoms with Gasteiger partial charge in [-0.15, -0.1) is 0 Å². The van der Waals surface area contributed by atoms with Crippen LogP contribution < -0.4 is 15.3 Å². The molecule has 1 atom stereocenters. The Kier molecular flexibility index (Phi) is 5.06. The van der Waals surface area contributed by atoms with Gasteiger partial charge in [0, 0.05) is 32.6 Å². The number of hydrogen-bond acceptors (Lipinski definition) is 5. The molecule has 1 aromatic rings. The van der Waals surface area contributed by atoms with Gasteiger partial charge in [0.15, 0.2) is 0 Å². The van der Waals surface area contributed by atoms with E-state index in [9.17, 15) is 19.5 Å². The number of aliphatic hydroxyl groups excluding tert-OH is 1. The standard InChI is InChI=1S/C18H22FN3O3/c1-12(23)20-8-16(24)11-22(25)15-5-6-18(17(19)7-15)21-9-13-3-2-4-14(13)10-21/h3-7,16,24-25H,2,8-11H2,1H3,(H,20,23)/t16-/m0/s1. The Labute approximate surface area is 145 Å². The highest BCUT2D eigenvalue weighted by Gasteiger charge is 2.26. The van der Waals surface area contributed by atoms with Crippen LogP contribution in [-0.2, 0) is 4.79 Å². The average Bonchev–Trinajstić information content (AvgIpc) is 3.14.